The number of carbonyl (C=O) groups excluding carboxylic acids is 1. The first-order chi connectivity index (χ1) is 22.6. The van der Waals surface area contributed by atoms with Crippen LogP contribution in [0.1, 0.15) is 30.9 Å². The third-order valence-corrected chi connectivity index (χ3v) is 9.16. The average Bonchev–Trinajstić information content (AvgIpc) is 3.46. The van der Waals surface area contributed by atoms with Gasteiger partial charge in [0.25, 0.3) is 0 Å². The van der Waals surface area contributed by atoms with Crippen molar-refractivity contribution in [3.63, 3.8) is 0 Å². The normalized spacial score (nSPS) is 15.2. The summed E-state index contributed by atoms with van der Waals surface area (Å²) >= 11 is 20.9. The number of halogens is 3. The molecule has 0 bridgehead atoms. The van der Waals surface area contributed by atoms with Crippen LogP contribution in [0.5, 0.6) is 11.6 Å². The molecule has 5 rings (SSSR count). The first kappa shape index (κ1) is 34.9. The third-order valence-electron chi connectivity index (χ3n) is 8.03. The van der Waals surface area contributed by atoms with Gasteiger partial charge in [0.05, 0.1) is 46.8 Å². The van der Waals surface area contributed by atoms with E-state index in [-0.39, 0.29) is 11.9 Å². The molecule has 9 nitrogen and oxygen atoms in total. The second-order valence-electron chi connectivity index (χ2n) is 11.7. The van der Waals surface area contributed by atoms with Crippen molar-refractivity contribution in [3.8, 4) is 45.3 Å². The second kappa shape index (κ2) is 15.6. The molecule has 2 atom stereocenters. The number of hydrogen-bond acceptors (Lipinski definition) is 8. The van der Waals surface area contributed by atoms with Crippen molar-refractivity contribution in [1.29, 1.82) is 0 Å². The Bertz CT molecular complexity index is 1750. The van der Waals surface area contributed by atoms with Gasteiger partial charge >= 0.3 is 0 Å². The Labute approximate surface area is 290 Å². The van der Waals surface area contributed by atoms with Crippen molar-refractivity contribution >= 4 is 40.7 Å². The number of aromatic nitrogens is 2. The van der Waals surface area contributed by atoms with Crippen molar-refractivity contribution in [3.05, 3.63) is 80.9 Å². The van der Waals surface area contributed by atoms with Gasteiger partial charge in [0, 0.05) is 78.2 Å². The molecule has 0 saturated carbocycles. The largest absolute Gasteiger partial charge is 0.496 e. The molecule has 4 aromatic rings. The zero-order chi connectivity index (χ0) is 33.7. The highest BCUT2D eigenvalue weighted by Gasteiger charge is 2.22. The maximum atomic E-state index is 11.5. The minimum atomic E-state index is -0.434. The van der Waals surface area contributed by atoms with Crippen molar-refractivity contribution in [2.75, 3.05) is 34.4 Å². The molecular weight excluding hydrogens is 661 g/mol. The summed E-state index contributed by atoms with van der Waals surface area (Å²) in [5.41, 5.74) is 5.71. The van der Waals surface area contributed by atoms with E-state index < -0.39 is 6.10 Å². The lowest BCUT2D eigenvalue weighted by molar-refractivity contribution is -0.119. The molecule has 1 aliphatic heterocycles. The number of benzene rings is 2. The second-order valence-corrected chi connectivity index (χ2v) is 12.8. The molecular formula is C35H38Cl3N5O4. The number of ether oxygens (including phenoxy) is 2. The molecule has 3 heterocycles. The minimum Gasteiger partial charge on any atom is -0.496 e. The zero-order valence-electron chi connectivity index (χ0n) is 26.7. The number of amides is 1. The SMILES string of the molecule is COc1cc(-c2nccc(-c3cccc(-c4cc(Cl)c(CNC[C@@H]5CCC(=O)N5)c(OC)n4)c3Cl)c2Cl)ccc1CN(C)CC(C)O. The Morgan fingerprint density at radius 2 is 1.83 bits per heavy atom. The number of nitrogens with zero attached hydrogens (tertiary/aromatic N) is 3. The quantitative estimate of drug-likeness (QED) is 0.143. The average molecular weight is 699 g/mol. The lowest BCUT2D eigenvalue weighted by Gasteiger charge is -2.20. The van der Waals surface area contributed by atoms with Crippen LogP contribution in [-0.4, -0.2) is 72.4 Å². The lowest BCUT2D eigenvalue weighted by atomic mass is 9.99. The molecule has 12 heteroatoms. The van der Waals surface area contributed by atoms with Gasteiger partial charge < -0.3 is 25.2 Å². The van der Waals surface area contributed by atoms with Gasteiger partial charge in [-0.05, 0) is 38.6 Å². The molecule has 0 radical (unpaired) electrons. The molecule has 1 unspecified atom stereocenters. The maximum absolute atomic E-state index is 11.5. The van der Waals surface area contributed by atoms with Crippen LogP contribution in [0.3, 0.4) is 0 Å². The minimum absolute atomic E-state index is 0.0740. The highest BCUT2D eigenvalue weighted by atomic mass is 35.5. The Kier molecular flexibility index (Phi) is 11.6. The number of hydrogen-bond donors (Lipinski definition) is 3. The highest BCUT2D eigenvalue weighted by molar-refractivity contribution is 6.39. The van der Waals surface area contributed by atoms with Crippen LogP contribution in [0.2, 0.25) is 15.1 Å². The summed E-state index contributed by atoms with van der Waals surface area (Å²) in [5.74, 6) is 1.16. The summed E-state index contributed by atoms with van der Waals surface area (Å²) in [6, 6.07) is 15.2. The van der Waals surface area contributed by atoms with Crippen molar-refractivity contribution in [1.82, 2.24) is 25.5 Å². The summed E-state index contributed by atoms with van der Waals surface area (Å²) < 4.78 is 11.3. The molecule has 3 N–H and O–H groups in total. The molecule has 2 aromatic heterocycles. The van der Waals surface area contributed by atoms with Gasteiger partial charge in [-0.25, -0.2) is 4.98 Å². The maximum Gasteiger partial charge on any atom is 0.220 e. The zero-order valence-corrected chi connectivity index (χ0v) is 29.0. The number of nitrogens with one attached hydrogen (secondary N) is 2. The lowest BCUT2D eigenvalue weighted by Crippen LogP contribution is -2.35. The van der Waals surface area contributed by atoms with Crippen LogP contribution in [0.25, 0.3) is 33.6 Å². The first-order valence-corrected chi connectivity index (χ1v) is 16.4. The van der Waals surface area contributed by atoms with Crippen LogP contribution >= 0.6 is 34.8 Å². The van der Waals surface area contributed by atoms with E-state index in [9.17, 15) is 9.90 Å². The van der Waals surface area contributed by atoms with Gasteiger partial charge in [-0.3, -0.25) is 14.7 Å². The van der Waals surface area contributed by atoms with Crippen molar-refractivity contribution < 1.29 is 19.4 Å². The number of aliphatic hydroxyl groups excluding tert-OH is 1. The van der Waals surface area contributed by atoms with Crippen molar-refractivity contribution in [2.24, 2.45) is 0 Å². The summed E-state index contributed by atoms with van der Waals surface area (Å²) in [7, 11) is 5.13. The van der Waals surface area contributed by atoms with Crippen LogP contribution in [0.4, 0.5) is 0 Å². The number of carbonyl (C=O) groups is 1. The monoisotopic (exact) mass is 697 g/mol. The Morgan fingerprint density at radius 3 is 2.53 bits per heavy atom. The van der Waals surface area contributed by atoms with Gasteiger partial charge in [-0.2, -0.15) is 0 Å². The predicted molar refractivity (Wildman–Crippen MR) is 187 cm³/mol. The molecule has 2 aromatic carbocycles. The van der Waals surface area contributed by atoms with Gasteiger partial charge in [0.1, 0.15) is 5.75 Å². The summed E-state index contributed by atoms with van der Waals surface area (Å²) in [6.07, 6.45) is 2.62. The van der Waals surface area contributed by atoms with E-state index in [0.29, 0.717) is 92.9 Å². The molecule has 47 heavy (non-hydrogen) atoms. The number of aliphatic hydroxyl groups is 1. The van der Waals surface area contributed by atoms with E-state index in [1.54, 1.807) is 33.4 Å². The van der Waals surface area contributed by atoms with Crippen LogP contribution in [0.15, 0.2) is 54.7 Å². The summed E-state index contributed by atoms with van der Waals surface area (Å²) in [5, 5.41) is 17.4. The van der Waals surface area contributed by atoms with Gasteiger partial charge in [-0.15, -0.1) is 0 Å². The van der Waals surface area contributed by atoms with E-state index in [4.69, 9.17) is 49.3 Å². The van der Waals surface area contributed by atoms with E-state index in [1.165, 1.54) is 0 Å². The molecule has 1 fully saturated rings. The summed E-state index contributed by atoms with van der Waals surface area (Å²) in [4.78, 5) is 22.9. The van der Waals surface area contributed by atoms with E-state index in [1.807, 2.05) is 54.4 Å². The van der Waals surface area contributed by atoms with E-state index in [2.05, 4.69) is 15.6 Å². The fraction of sp³-hybridized carbons (Fsp3) is 0.343. The predicted octanol–water partition coefficient (Wildman–Crippen LogP) is 6.64. The van der Waals surface area contributed by atoms with E-state index in [0.717, 1.165) is 17.5 Å². The van der Waals surface area contributed by atoms with Crippen LogP contribution in [-0.2, 0) is 17.9 Å². The molecule has 1 amide bonds. The Hall–Kier alpha value is -3.44. The standard InChI is InChI=1S/C35H38Cl3N5O4/c1-20(44)18-43(2)19-22-9-8-21(14-30(22)46-3)34-33(38)25(12-13-40-34)24-6-5-7-26(32(24)37)29-15-28(36)27(35(42-29)47-4)17-39-16-23-10-11-31(45)41-23/h5-9,12-15,20,23,39,44H,10-11,16-19H2,1-4H3,(H,41,45)/t20?,23-/m0/s1. The molecule has 1 aliphatic rings. The fourth-order valence-corrected chi connectivity index (χ4v) is 6.71. The third kappa shape index (κ3) is 8.17. The Balaban J connectivity index is 1.42. The topological polar surface area (TPSA) is 109 Å². The van der Waals surface area contributed by atoms with Gasteiger partial charge in [0.2, 0.25) is 11.8 Å². The van der Waals surface area contributed by atoms with Crippen LogP contribution < -0.4 is 20.1 Å². The smallest absolute Gasteiger partial charge is 0.220 e. The highest BCUT2D eigenvalue weighted by Crippen LogP contribution is 2.43. The number of likely N-dealkylation sites (N-methyl/N-ethyl adjacent to an activating group) is 1. The number of rotatable bonds is 13. The fourth-order valence-electron chi connectivity index (χ4n) is 5.81. The van der Waals surface area contributed by atoms with Crippen LogP contribution in [0, 0.1) is 0 Å². The number of pyridine rings is 2. The molecule has 0 aliphatic carbocycles. The van der Waals surface area contributed by atoms with E-state index >= 15 is 0 Å². The number of methoxy groups -OCH3 is 2. The molecule has 1 saturated heterocycles. The Morgan fingerprint density at radius 1 is 1.06 bits per heavy atom. The van der Waals surface area contributed by atoms with Gasteiger partial charge in [-0.1, -0.05) is 65.1 Å². The molecule has 248 valence electrons. The summed E-state index contributed by atoms with van der Waals surface area (Å²) in [6.45, 7) is 3.96. The molecule has 0 spiro atoms. The van der Waals surface area contributed by atoms with Crippen molar-refractivity contribution in [2.45, 2.75) is 45.0 Å². The first-order valence-electron chi connectivity index (χ1n) is 15.3. The van der Waals surface area contributed by atoms with Gasteiger partial charge in [0.15, 0.2) is 0 Å².